The molecule has 160 valence electrons. The number of benzene rings is 1. The van der Waals surface area contributed by atoms with Gasteiger partial charge in [0, 0.05) is 24.6 Å². The lowest BCUT2D eigenvalue weighted by Gasteiger charge is -2.23. The quantitative estimate of drug-likeness (QED) is 0.517. The molecule has 3 aromatic heterocycles. The van der Waals surface area contributed by atoms with Crippen molar-refractivity contribution in [1.29, 1.82) is 0 Å². The van der Waals surface area contributed by atoms with Crippen LogP contribution >= 0.6 is 0 Å². The van der Waals surface area contributed by atoms with E-state index < -0.39 is 0 Å². The molecule has 0 spiro atoms. The maximum absolute atomic E-state index is 14.2. The van der Waals surface area contributed by atoms with Crippen molar-refractivity contribution in [3.63, 3.8) is 0 Å². The zero-order valence-electron chi connectivity index (χ0n) is 17.7. The van der Waals surface area contributed by atoms with Gasteiger partial charge in [-0.2, -0.15) is 10.2 Å². The minimum absolute atomic E-state index is 0.00646. The summed E-state index contributed by atoms with van der Waals surface area (Å²) in [7, 11) is 2.02. The van der Waals surface area contributed by atoms with Crippen LogP contribution in [0.3, 0.4) is 0 Å². The van der Waals surface area contributed by atoms with Gasteiger partial charge in [0.15, 0.2) is 5.65 Å². The van der Waals surface area contributed by atoms with Gasteiger partial charge >= 0.3 is 0 Å². The van der Waals surface area contributed by atoms with Crippen molar-refractivity contribution >= 4 is 11.2 Å². The molecule has 2 N–H and O–H groups in total. The van der Waals surface area contributed by atoms with E-state index in [1.165, 1.54) is 6.07 Å². The first-order chi connectivity index (χ1) is 15.0. The van der Waals surface area contributed by atoms with E-state index in [4.69, 9.17) is 4.98 Å². The Morgan fingerprint density at radius 3 is 2.94 bits per heavy atom. The summed E-state index contributed by atoms with van der Waals surface area (Å²) in [5.74, 6) is -0.402. The van der Waals surface area contributed by atoms with Gasteiger partial charge in [-0.1, -0.05) is 13.0 Å². The van der Waals surface area contributed by atoms with Gasteiger partial charge in [-0.05, 0) is 37.2 Å². The van der Waals surface area contributed by atoms with Gasteiger partial charge in [-0.3, -0.25) is 14.7 Å². The molecular weight excluding hydrogens is 397 g/mol. The van der Waals surface area contributed by atoms with Crippen LogP contribution in [0.5, 0.6) is 0 Å². The Labute approximate surface area is 178 Å². The number of hydrogen-bond acceptors (Lipinski definition) is 6. The van der Waals surface area contributed by atoms with Crippen molar-refractivity contribution in [2.75, 3.05) is 13.7 Å². The third-order valence-corrected chi connectivity index (χ3v) is 5.96. The highest BCUT2D eigenvalue weighted by Gasteiger charge is 2.25. The molecule has 5 rings (SSSR count). The predicted octanol–water partition coefficient (Wildman–Crippen LogP) is 2.75. The molecular formula is C22H24FN7O. The number of aromatic amines is 1. The molecule has 0 saturated heterocycles. The van der Waals surface area contributed by atoms with E-state index in [-0.39, 0.29) is 18.3 Å². The fourth-order valence-electron chi connectivity index (χ4n) is 4.51. The molecule has 1 aromatic carbocycles. The molecule has 0 aliphatic carbocycles. The smallest absolute Gasteiger partial charge is 0.199 e. The van der Waals surface area contributed by atoms with E-state index in [0.29, 0.717) is 36.5 Å². The monoisotopic (exact) mass is 421 g/mol. The highest BCUT2D eigenvalue weighted by molar-refractivity contribution is 5.78. The average molecular weight is 421 g/mol. The minimum atomic E-state index is -0.269. The summed E-state index contributed by atoms with van der Waals surface area (Å²) in [4.78, 5) is 11.6. The molecule has 0 fully saturated rings. The van der Waals surface area contributed by atoms with Crippen molar-refractivity contribution in [2.24, 2.45) is 0 Å². The standard InChI is InChI=1S/C22H24FN7O/c1-12-16-8-15(23)5-4-14(16)10-29(3)11-18-19(13(2)28-30(18)6-7-31)17-9-24-22-21(25-17)20(12)26-27-22/h4-5,8-9,12,31H,6-7,10-11H2,1-3H3,(H,24,26,27)/t12-/m1/s1. The molecule has 1 aliphatic rings. The van der Waals surface area contributed by atoms with Crippen LogP contribution in [0.2, 0.25) is 0 Å². The molecule has 8 nitrogen and oxygen atoms in total. The molecule has 0 amide bonds. The summed E-state index contributed by atoms with van der Waals surface area (Å²) in [6, 6.07) is 4.94. The number of fused-ring (bicyclic) bond motifs is 4. The predicted molar refractivity (Wildman–Crippen MR) is 114 cm³/mol. The van der Waals surface area contributed by atoms with Gasteiger partial charge in [0.2, 0.25) is 0 Å². The molecule has 2 bridgehead atoms. The number of H-pyrrole nitrogens is 1. The Morgan fingerprint density at radius 2 is 2.13 bits per heavy atom. The Kier molecular flexibility index (Phi) is 4.79. The van der Waals surface area contributed by atoms with E-state index in [1.54, 1.807) is 12.3 Å². The lowest BCUT2D eigenvalue weighted by Crippen LogP contribution is -2.22. The molecule has 31 heavy (non-hydrogen) atoms. The number of nitrogens with zero attached hydrogens (tertiary/aromatic N) is 6. The third kappa shape index (κ3) is 3.30. The largest absolute Gasteiger partial charge is 0.394 e. The van der Waals surface area contributed by atoms with Gasteiger partial charge in [0.25, 0.3) is 0 Å². The van der Waals surface area contributed by atoms with E-state index in [0.717, 1.165) is 33.8 Å². The summed E-state index contributed by atoms with van der Waals surface area (Å²) in [6.07, 6.45) is 1.72. The van der Waals surface area contributed by atoms with Crippen LogP contribution in [0, 0.1) is 12.7 Å². The van der Waals surface area contributed by atoms with Gasteiger partial charge in [-0.15, -0.1) is 0 Å². The Bertz CT molecular complexity index is 1280. The number of aryl methyl sites for hydroxylation is 1. The van der Waals surface area contributed by atoms with E-state index >= 15 is 0 Å². The summed E-state index contributed by atoms with van der Waals surface area (Å²) >= 11 is 0. The summed E-state index contributed by atoms with van der Waals surface area (Å²) in [5.41, 5.74) is 7.38. The molecule has 1 aliphatic heterocycles. The maximum atomic E-state index is 14.2. The van der Waals surface area contributed by atoms with E-state index in [1.807, 2.05) is 31.6 Å². The fraction of sp³-hybridized carbons (Fsp3) is 0.364. The zero-order valence-corrected chi connectivity index (χ0v) is 17.7. The van der Waals surface area contributed by atoms with Crippen LogP contribution in [0.25, 0.3) is 22.4 Å². The van der Waals surface area contributed by atoms with Crippen molar-refractivity contribution in [1.82, 2.24) is 34.8 Å². The number of aliphatic hydroxyl groups excluding tert-OH is 1. The summed E-state index contributed by atoms with van der Waals surface area (Å²) < 4.78 is 16.0. The second kappa shape index (κ2) is 7.51. The van der Waals surface area contributed by atoms with Crippen LogP contribution in [0.1, 0.15) is 41.1 Å². The van der Waals surface area contributed by atoms with Crippen molar-refractivity contribution in [3.8, 4) is 11.3 Å². The number of aromatic nitrogens is 6. The van der Waals surface area contributed by atoms with Crippen molar-refractivity contribution in [2.45, 2.75) is 39.4 Å². The van der Waals surface area contributed by atoms with Crippen LogP contribution in [-0.2, 0) is 19.6 Å². The first-order valence-electron chi connectivity index (χ1n) is 10.3. The molecule has 0 unspecified atom stereocenters. The van der Waals surface area contributed by atoms with E-state index in [2.05, 4.69) is 25.2 Å². The average Bonchev–Trinajstić information content (AvgIpc) is 3.29. The number of hydrogen-bond donors (Lipinski definition) is 2. The molecule has 9 heteroatoms. The van der Waals surface area contributed by atoms with Gasteiger partial charge < -0.3 is 5.11 Å². The number of nitrogens with one attached hydrogen (secondary N) is 1. The fourth-order valence-corrected chi connectivity index (χ4v) is 4.51. The number of aliphatic hydroxyl groups is 1. The lowest BCUT2D eigenvalue weighted by molar-refractivity contribution is 0.257. The lowest BCUT2D eigenvalue weighted by atomic mass is 9.92. The highest BCUT2D eigenvalue weighted by Crippen LogP contribution is 2.34. The highest BCUT2D eigenvalue weighted by atomic mass is 19.1. The second-order valence-corrected chi connectivity index (χ2v) is 8.16. The van der Waals surface area contributed by atoms with Crippen LogP contribution in [-0.4, -0.2) is 53.6 Å². The first kappa shape index (κ1) is 19.8. The topological polar surface area (TPSA) is 95.8 Å². The summed E-state index contributed by atoms with van der Waals surface area (Å²) in [5, 5.41) is 21.6. The van der Waals surface area contributed by atoms with Crippen LogP contribution in [0.4, 0.5) is 4.39 Å². The summed E-state index contributed by atoms with van der Waals surface area (Å²) in [6.45, 7) is 5.60. The SMILES string of the molecule is Cc1nn(CCO)c2c1-c1cnc3n[nH]c(c3n1)[C@H](C)c1cc(F)ccc1CN(C)C2. The van der Waals surface area contributed by atoms with Gasteiger partial charge in [0.05, 0.1) is 42.1 Å². The van der Waals surface area contributed by atoms with Gasteiger partial charge in [0.1, 0.15) is 11.3 Å². The maximum Gasteiger partial charge on any atom is 0.199 e. The molecule has 4 aromatic rings. The molecule has 4 heterocycles. The molecule has 0 radical (unpaired) electrons. The Balaban J connectivity index is 1.79. The first-order valence-corrected chi connectivity index (χ1v) is 10.3. The number of halogens is 1. The van der Waals surface area contributed by atoms with E-state index in [9.17, 15) is 9.50 Å². The zero-order chi connectivity index (χ0) is 21.7. The Hall–Kier alpha value is -3.17. The third-order valence-electron chi connectivity index (χ3n) is 5.96. The van der Waals surface area contributed by atoms with Crippen molar-refractivity contribution < 1.29 is 9.50 Å². The normalized spacial score (nSPS) is 16.7. The molecule has 0 saturated carbocycles. The molecule has 1 atom stereocenters. The second-order valence-electron chi connectivity index (χ2n) is 8.16. The Morgan fingerprint density at radius 1 is 1.29 bits per heavy atom. The van der Waals surface area contributed by atoms with Crippen molar-refractivity contribution in [3.05, 3.63) is 58.4 Å². The van der Waals surface area contributed by atoms with Gasteiger partial charge in [-0.25, -0.2) is 14.4 Å². The van der Waals surface area contributed by atoms with Crippen LogP contribution < -0.4 is 0 Å². The van der Waals surface area contributed by atoms with Crippen LogP contribution in [0.15, 0.2) is 24.4 Å². The number of rotatable bonds is 2. The minimum Gasteiger partial charge on any atom is -0.394 e.